The fraction of sp³-hybridized carbons (Fsp3) is 0.591. The topological polar surface area (TPSA) is 119 Å². The van der Waals surface area contributed by atoms with Crippen LogP contribution in [0.5, 0.6) is 0 Å². The molecule has 1 saturated heterocycles. The van der Waals surface area contributed by atoms with E-state index in [-0.39, 0.29) is 12.2 Å². The van der Waals surface area contributed by atoms with Crippen molar-refractivity contribution in [3.05, 3.63) is 35.5 Å². The Morgan fingerprint density at radius 1 is 1.30 bits per heavy atom. The first-order chi connectivity index (χ1) is 14.2. The molecule has 0 unspecified atom stereocenters. The van der Waals surface area contributed by atoms with Crippen molar-refractivity contribution < 1.29 is 38.8 Å². The Hall–Kier alpha value is -2.45. The van der Waals surface area contributed by atoms with Crippen LogP contribution in [-0.4, -0.2) is 59.6 Å². The van der Waals surface area contributed by atoms with Gasteiger partial charge in [-0.3, -0.25) is 9.59 Å². The number of hydrogen-bond acceptors (Lipinski definition) is 8. The van der Waals surface area contributed by atoms with Crippen LogP contribution in [0.25, 0.3) is 0 Å². The van der Waals surface area contributed by atoms with Gasteiger partial charge in [0.1, 0.15) is 6.10 Å². The molecule has 0 radical (unpaired) electrons. The zero-order valence-corrected chi connectivity index (χ0v) is 17.6. The quantitative estimate of drug-likeness (QED) is 0.287. The third kappa shape index (κ3) is 5.37. The Kier molecular flexibility index (Phi) is 8.37. The number of fused-ring (bicyclic) bond motifs is 1. The molecule has 0 bridgehead atoms. The molecule has 166 valence electrons. The highest BCUT2D eigenvalue weighted by Gasteiger charge is 2.49. The summed E-state index contributed by atoms with van der Waals surface area (Å²) in [7, 11) is 0. The Morgan fingerprint density at radius 2 is 2.00 bits per heavy atom. The van der Waals surface area contributed by atoms with Gasteiger partial charge in [-0.1, -0.05) is 26.5 Å². The van der Waals surface area contributed by atoms with E-state index in [4.69, 9.17) is 14.2 Å². The third-order valence-corrected chi connectivity index (χ3v) is 5.50. The van der Waals surface area contributed by atoms with Gasteiger partial charge in [-0.2, -0.15) is 0 Å². The summed E-state index contributed by atoms with van der Waals surface area (Å²) in [5, 5.41) is 19.6. The summed E-state index contributed by atoms with van der Waals surface area (Å²) in [4.78, 5) is 36.8. The number of rotatable bonds is 6. The lowest BCUT2D eigenvalue weighted by Crippen LogP contribution is -2.46. The van der Waals surface area contributed by atoms with E-state index < -0.39 is 54.7 Å². The summed E-state index contributed by atoms with van der Waals surface area (Å²) in [6, 6.07) is 0. The normalized spacial score (nSPS) is 31.4. The van der Waals surface area contributed by atoms with E-state index >= 15 is 0 Å². The van der Waals surface area contributed by atoms with E-state index in [1.165, 1.54) is 6.92 Å². The predicted octanol–water partition coefficient (Wildman–Crippen LogP) is 1.60. The fourth-order valence-corrected chi connectivity index (χ4v) is 3.56. The van der Waals surface area contributed by atoms with Gasteiger partial charge in [0, 0.05) is 12.5 Å². The SMILES string of the molecule is C=C1C(=O)O[C@@H]2/C=C(\CO)CC/C=C(\CO)[C@H](OC(C)=O)[C@H](OC(=O)[C@@H](C)CC)[C@H]12. The van der Waals surface area contributed by atoms with Crippen molar-refractivity contribution in [1.29, 1.82) is 0 Å². The maximum atomic E-state index is 12.7. The van der Waals surface area contributed by atoms with Crippen LogP contribution in [0, 0.1) is 11.8 Å². The van der Waals surface area contributed by atoms with E-state index in [1.807, 2.05) is 6.92 Å². The maximum absolute atomic E-state index is 12.7. The van der Waals surface area contributed by atoms with Gasteiger partial charge in [0.2, 0.25) is 0 Å². The molecule has 1 fully saturated rings. The number of hydrogen-bond donors (Lipinski definition) is 2. The van der Waals surface area contributed by atoms with Gasteiger partial charge in [0.05, 0.1) is 25.0 Å². The highest BCUT2D eigenvalue weighted by Crippen LogP contribution is 2.37. The standard InChI is InChI=1S/C22H30O8/c1-5-12(2)21(26)30-20-18-13(3)22(27)29-17(18)9-15(10-23)7-6-8-16(11-24)19(20)28-14(4)25/h8-9,12,17-20,23-24H,3,5-7,10-11H2,1-2,4H3/b15-9-,16-8+/t12-,17+,18+,19-,20+/m0/s1. The van der Waals surface area contributed by atoms with Crippen LogP contribution >= 0.6 is 0 Å². The van der Waals surface area contributed by atoms with Gasteiger partial charge < -0.3 is 24.4 Å². The molecule has 30 heavy (non-hydrogen) atoms. The monoisotopic (exact) mass is 422 g/mol. The van der Waals surface area contributed by atoms with Crippen molar-refractivity contribution in [3.8, 4) is 0 Å². The van der Waals surface area contributed by atoms with Crippen LogP contribution in [0.1, 0.15) is 40.0 Å². The Labute approximate surface area is 176 Å². The van der Waals surface area contributed by atoms with Crippen molar-refractivity contribution in [3.63, 3.8) is 0 Å². The zero-order valence-electron chi connectivity index (χ0n) is 17.6. The molecule has 0 spiro atoms. The number of ether oxygens (including phenoxy) is 3. The van der Waals surface area contributed by atoms with Crippen LogP contribution in [0.4, 0.5) is 0 Å². The summed E-state index contributed by atoms with van der Waals surface area (Å²) in [6.07, 6.45) is 1.67. The average Bonchev–Trinajstić information content (AvgIpc) is 2.99. The molecule has 1 aliphatic heterocycles. The van der Waals surface area contributed by atoms with Crippen molar-refractivity contribution in [2.75, 3.05) is 13.2 Å². The first kappa shape index (κ1) is 23.8. The smallest absolute Gasteiger partial charge is 0.334 e. The molecule has 8 heteroatoms. The second-order valence-electron chi connectivity index (χ2n) is 7.62. The molecule has 2 aliphatic rings. The number of allylic oxidation sites excluding steroid dienone is 1. The minimum Gasteiger partial charge on any atom is -0.457 e. The largest absolute Gasteiger partial charge is 0.457 e. The summed E-state index contributed by atoms with van der Waals surface area (Å²) in [5.74, 6) is -3.07. The van der Waals surface area contributed by atoms with E-state index in [2.05, 4.69) is 6.58 Å². The highest BCUT2D eigenvalue weighted by molar-refractivity contribution is 5.91. The molecule has 2 N–H and O–H groups in total. The number of carbonyl (C=O) groups excluding carboxylic acids is 3. The molecule has 2 rings (SSSR count). The number of carbonyl (C=O) groups is 3. The second-order valence-corrected chi connectivity index (χ2v) is 7.62. The predicted molar refractivity (Wildman–Crippen MR) is 107 cm³/mol. The summed E-state index contributed by atoms with van der Waals surface area (Å²) < 4.78 is 16.7. The van der Waals surface area contributed by atoms with Crippen LogP contribution in [0.2, 0.25) is 0 Å². The molecule has 0 aromatic carbocycles. The lowest BCUT2D eigenvalue weighted by atomic mass is 9.83. The van der Waals surface area contributed by atoms with Gasteiger partial charge in [0.25, 0.3) is 0 Å². The number of aliphatic hydroxyl groups is 2. The molecule has 0 aromatic heterocycles. The Balaban J connectivity index is 2.61. The number of aliphatic hydroxyl groups excluding tert-OH is 2. The van der Waals surface area contributed by atoms with Crippen molar-refractivity contribution >= 4 is 17.9 Å². The molecule has 0 saturated carbocycles. The van der Waals surface area contributed by atoms with Crippen molar-refractivity contribution in [2.45, 2.75) is 58.3 Å². The summed E-state index contributed by atoms with van der Waals surface area (Å²) in [6.45, 7) is 7.89. The van der Waals surface area contributed by atoms with Gasteiger partial charge in [-0.05, 0) is 36.5 Å². The van der Waals surface area contributed by atoms with Crippen LogP contribution in [0.3, 0.4) is 0 Å². The molecule has 5 atom stereocenters. The van der Waals surface area contributed by atoms with E-state index in [1.54, 1.807) is 19.1 Å². The molecule has 8 nitrogen and oxygen atoms in total. The second kappa shape index (κ2) is 10.5. The average molecular weight is 422 g/mol. The van der Waals surface area contributed by atoms with Crippen LogP contribution < -0.4 is 0 Å². The minimum absolute atomic E-state index is 0.0745. The summed E-state index contributed by atoms with van der Waals surface area (Å²) in [5.41, 5.74) is 1.06. The molecular formula is C22H30O8. The first-order valence-corrected chi connectivity index (χ1v) is 10.1. The highest BCUT2D eigenvalue weighted by atomic mass is 16.6. The van der Waals surface area contributed by atoms with Crippen LogP contribution in [0.15, 0.2) is 35.5 Å². The number of esters is 3. The molecule has 1 aliphatic carbocycles. The summed E-state index contributed by atoms with van der Waals surface area (Å²) >= 11 is 0. The van der Waals surface area contributed by atoms with E-state index in [0.29, 0.717) is 30.4 Å². The van der Waals surface area contributed by atoms with Crippen molar-refractivity contribution in [2.24, 2.45) is 11.8 Å². The molecular weight excluding hydrogens is 392 g/mol. The maximum Gasteiger partial charge on any atom is 0.334 e. The molecule has 0 amide bonds. The Bertz CT molecular complexity index is 750. The lowest BCUT2D eigenvalue weighted by molar-refractivity contribution is -0.171. The Morgan fingerprint density at radius 3 is 2.57 bits per heavy atom. The van der Waals surface area contributed by atoms with Crippen LogP contribution in [-0.2, 0) is 28.6 Å². The minimum atomic E-state index is -1.13. The lowest BCUT2D eigenvalue weighted by Gasteiger charge is -2.34. The third-order valence-electron chi connectivity index (χ3n) is 5.50. The van der Waals surface area contributed by atoms with Gasteiger partial charge in [0.15, 0.2) is 12.2 Å². The van der Waals surface area contributed by atoms with Crippen molar-refractivity contribution in [1.82, 2.24) is 0 Å². The fourth-order valence-electron chi connectivity index (χ4n) is 3.56. The molecule has 0 aromatic rings. The van der Waals surface area contributed by atoms with Gasteiger partial charge in [-0.15, -0.1) is 0 Å². The van der Waals surface area contributed by atoms with Gasteiger partial charge >= 0.3 is 17.9 Å². The first-order valence-electron chi connectivity index (χ1n) is 10.1. The van der Waals surface area contributed by atoms with Gasteiger partial charge in [-0.25, -0.2) is 4.79 Å². The van der Waals surface area contributed by atoms with E-state index in [0.717, 1.165) is 0 Å². The zero-order chi connectivity index (χ0) is 22.4. The molecule has 1 heterocycles. The van der Waals surface area contributed by atoms with E-state index in [9.17, 15) is 24.6 Å².